The van der Waals surface area contributed by atoms with Crippen LogP contribution in [-0.4, -0.2) is 23.5 Å². The zero-order valence-corrected chi connectivity index (χ0v) is 19.4. The van der Waals surface area contributed by atoms with E-state index < -0.39 is 0 Å². The molecule has 0 radical (unpaired) electrons. The Kier molecular flexibility index (Phi) is 5.77. The first-order valence-corrected chi connectivity index (χ1v) is 11.0. The van der Waals surface area contributed by atoms with Gasteiger partial charge in [0.05, 0.1) is 25.6 Å². The van der Waals surface area contributed by atoms with Gasteiger partial charge in [-0.25, -0.2) is 0 Å². The van der Waals surface area contributed by atoms with E-state index >= 15 is 0 Å². The molecule has 31 heavy (non-hydrogen) atoms. The van der Waals surface area contributed by atoms with Crippen LogP contribution in [0.1, 0.15) is 20.8 Å². The molecule has 160 valence electrons. The Morgan fingerprint density at radius 2 is 1.81 bits per heavy atom. The highest BCUT2D eigenvalue weighted by molar-refractivity contribution is 7.22. The lowest BCUT2D eigenvalue weighted by atomic mass is 9.99. The van der Waals surface area contributed by atoms with E-state index in [9.17, 15) is 4.79 Å². The van der Waals surface area contributed by atoms with Gasteiger partial charge in [-0.1, -0.05) is 44.5 Å². The van der Waals surface area contributed by atoms with Crippen LogP contribution in [0.25, 0.3) is 26.2 Å². The van der Waals surface area contributed by atoms with Crippen molar-refractivity contribution < 1.29 is 9.47 Å². The van der Waals surface area contributed by atoms with Gasteiger partial charge in [0, 0.05) is 21.4 Å². The Morgan fingerprint density at radius 1 is 1.06 bits per heavy atom. The van der Waals surface area contributed by atoms with Gasteiger partial charge in [0.25, 0.3) is 5.56 Å². The smallest absolute Gasteiger partial charge is 0.289 e. The third-order valence-corrected chi connectivity index (χ3v) is 6.08. The normalized spacial score (nSPS) is 11.6. The summed E-state index contributed by atoms with van der Waals surface area (Å²) in [4.78, 5) is 14.2. The minimum absolute atomic E-state index is 0.0220. The summed E-state index contributed by atoms with van der Waals surface area (Å²) in [6, 6.07) is 14.9. The highest BCUT2D eigenvalue weighted by Crippen LogP contribution is 2.33. The number of hydrogen-bond acceptors (Lipinski definition) is 5. The van der Waals surface area contributed by atoms with Gasteiger partial charge in [-0.2, -0.15) is 9.78 Å². The summed E-state index contributed by atoms with van der Waals surface area (Å²) in [5.74, 6) is 1.19. The molecule has 0 fully saturated rings. The monoisotopic (exact) mass is 454 g/mol. The van der Waals surface area contributed by atoms with Crippen LogP contribution >= 0.6 is 22.9 Å². The predicted molar refractivity (Wildman–Crippen MR) is 127 cm³/mol. The summed E-state index contributed by atoms with van der Waals surface area (Å²) in [7, 11) is 1.58. The van der Waals surface area contributed by atoms with Gasteiger partial charge < -0.3 is 9.47 Å². The van der Waals surface area contributed by atoms with Gasteiger partial charge in [0.1, 0.15) is 4.70 Å². The molecule has 0 aliphatic rings. The van der Waals surface area contributed by atoms with Gasteiger partial charge in [0.2, 0.25) is 0 Å². The van der Waals surface area contributed by atoms with Crippen molar-refractivity contribution in [2.24, 2.45) is 5.41 Å². The second-order valence-corrected chi connectivity index (χ2v) is 9.94. The van der Waals surface area contributed by atoms with E-state index in [-0.39, 0.29) is 11.0 Å². The van der Waals surface area contributed by atoms with E-state index in [0.29, 0.717) is 33.5 Å². The number of hydrogen-bond donors (Lipinski definition) is 0. The zero-order chi connectivity index (χ0) is 22.2. The fourth-order valence-corrected chi connectivity index (χ4v) is 4.27. The van der Waals surface area contributed by atoms with Crippen LogP contribution in [0.5, 0.6) is 11.5 Å². The Labute approximate surface area is 189 Å². The molecule has 2 aromatic heterocycles. The lowest BCUT2D eigenvalue weighted by molar-refractivity contribution is 0.191. The molecule has 4 aromatic rings. The average Bonchev–Trinajstić information content (AvgIpc) is 3.18. The van der Waals surface area contributed by atoms with Crippen LogP contribution in [0.2, 0.25) is 5.02 Å². The van der Waals surface area contributed by atoms with E-state index in [1.165, 1.54) is 16.0 Å². The van der Waals surface area contributed by atoms with Crippen molar-refractivity contribution in [1.29, 1.82) is 0 Å². The number of rotatable bonds is 5. The third kappa shape index (κ3) is 4.60. The summed E-state index contributed by atoms with van der Waals surface area (Å²) < 4.78 is 13.4. The third-order valence-electron chi connectivity index (χ3n) is 4.64. The topological polar surface area (TPSA) is 53.4 Å². The Balaban J connectivity index is 1.71. The Bertz CT molecular complexity index is 1290. The SMILES string of the molecule is COc1cc(-n2ncc3cc(-c4ccc(Cl)cc4)sc3c2=O)ccc1OCC(C)(C)C. The average molecular weight is 455 g/mol. The summed E-state index contributed by atoms with van der Waals surface area (Å²) in [5, 5.41) is 5.87. The Hall–Kier alpha value is -2.83. The van der Waals surface area contributed by atoms with Crippen LogP contribution in [0.15, 0.2) is 59.5 Å². The quantitative estimate of drug-likeness (QED) is 0.360. The molecule has 7 heteroatoms. The van der Waals surface area contributed by atoms with Crippen molar-refractivity contribution in [2.75, 3.05) is 13.7 Å². The van der Waals surface area contributed by atoms with E-state index in [1.807, 2.05) is 42.5 Å². The van der Waals surface area contributed by atoms with Crippen molar-refractivity contribution in [3.8, 4) is 27.6 Å². The fraction of sp³-hybridized carbons (Fsp3) is 0.250. The molecule has 0 bridgehead atoms. The minimum Gasteiger partial charge on any atom is -0.493 e. The highest BCUT2D eigenvalue weighted by Gasteiger charge is 2.16. The minimum atomic E-state index is -0.173. The number of benzene rings is 2. The van der Waals surface area contributed by atoms with Gasteiger partial charge in [-0.05, 0) is 41.3 Å². The van der Waals surface area contributed by atoms with Crippen molar-refractivity contribution in [3.63, 3.8) is 0 Å². The highest BCUT2D eigenvalue weighted by atomic mass is 35.5. The number of nitrogens with zero attached hydrogens (tertiary/aromatic N) is 2. The molecular weight excluding hydrogens is 432 g/mol. The van der Waals surface area contributed by atoms with Crippen molar-refractivity contribution in [3.05, 3.63) is 70.1 Å². The maximum absolute atomic E-state index is 13.2. The number of ether oxygens (including phenoxy) is 2. The second-order valence-electron chi connectivity index (χ2n) is 8.45. The van der Waals surface area contributed by atoms with Crippen molar-refractivity contribution in [1.82, 2.24) is 9.78 Å². The molecular formula is C24H23ClN2O3S. The van der Waals surface area contributed by atoms with Crippen LogP contribution in [-0.2, 0) is 0 Å². The summed E-state index contributed by atoms with van der Waals surface area (Å²) in [6.07, 6.45) is 1.71. The van der Waals surface area contributed by atoms with Crippen LogP contribution in [0, 0.1) is 5.41 Å². The largest absolute Gasteiger partial charge is 0.493 e. The Morgan fingerprint density at radius 3 is 2.48 bits per heavy atom. The molecule has 0 aliphatic heterocycles. The standard InChI is InChI=1S/C24H23ClN2O3S/c1-24(2,3)14-30-19-10-9-18(12-20(19)29-4)27-23(28)22-16(13-26-27)11-21(31-22)15-5-7-17(25)8-6-15/h5-13H,14H2,1-4H3. The first kappa shape index (κ1) is 21.4. The van der Waals surface area contributed by atoms with E-state index in [4.69, 9.17) is 21.1 Å². The molecule has 5 nitrogen and oxygen atoms in total. The lowest BCUT2D eigenvalue weighted by Gasteiger charge is -2.20. The number of aromatic nitrogens is 2. The molecule has 0 unspecified atom stereocenters. The van der Waals surface area contributed by atoms with E-state index in [1.54, 1.807) is 19.4 Å². The second kappa shape index (κ2) is 8.36. The van der Waals surface area contributed by atoms with Gasteiger partial charge in [-0.15, -0.1) is 11.3 Å². The molecule has 0 aliphatic carbocycles. The maximum atomic E-state index is 13.2. The fourth-order valence-electron chi connectivity index (χ4n) is 3.08. The summed E-state index contributed by atoms with van der Waals surface area (Å²) in [5.41, 5.74) is 1.48. The number of fused-ring (bicyclic) bond motifs is 1. The van der Waals surface area contributed by atoms with Crippen molar-refractivity contribution in [2.45, 2.75) is 20.8 Å². The van der Waals surface area contributed by atoms with Crippen LogP contribution < -0.4 is 15.0 Å². The number of thiophene rings is 1. The molecule has 2 aromatic carbocycles. The van der Waals surface area contributed by atoms with Gasteiger partial charge in [-0.3, -0.25) is 4.79 Å². The zero-order valence-electron chi connectivity index (χ0n) is 17.8. The molecule has 0 amide bonds. The van der Waals surface area contributed by atoms with Crippen LogP contribution in [0.4, 0.5) is 0 Å². The van der Waals surface area contributed by atoms with Gasteiger partial charge >= 0.3 is 0 Å². The molecule has 0 saturated heterocycles. The number of methoxy groups -OCH3 is 1. The first-order chi connectivity index (χ1) is 14.7. The van der Waals surface area contributed by atoms with E-state index in [2.05, 4.69) is 25.9 Å². The van der Waals surface area contributed by atoms with Crippen molar-refractivity contribution >= 4 is 33.0 Å². The maximum Gasteiger partial charge on any atom is 0.289 e. The lowest BCUT2D eigenvalue weighted by Crippen LogP contribution is -2.20. The molecule has 4 rings (SSSR count). The molecule has 0 saturated carbocycles. The molecule has 0 N–H and O–H groups in total. The number of halogens is 1. The summed E-state index contributed by atoms with van der Waals surface area (Å²) >= 11 is 7.43. The molecule has 0 atom stereocenters. The van der Waals surface area contributed by atoms with E-state index in [0.717, 1.165) is 15.8 Å². The molecule has 2 heterocycles. The van der Waals surface area contributed by atoms with Crippen LogP contribution in [0.3, 0.4) is 0 Å². The van der Waals surface area contributed by atoms with Gasteiger partial charge in [0.15, 0.2) is 11.5 Å². The molecule has 0 spiro atoms. The summed E-state index contributed by atoms with van der Waals surface area (Å²) in [6.45, 7) is 6.86. The predicted octanol–water partition coefficient (Wildman–Crippen LogP) is 6.20. The first-order valence-electron chi connectivity index (χ1n) is 9.84.